The van der Waals surface area contributed by atoms with Gasteiger partial charge in [-0.25, -0.2) is 4.98 Å². The van der Waals surface area contributed by atoms with E-state index in [0.717, 1.165) is 14.5 Å². The Morgan fingerprint density at radius 2 is 1.89 bits per heavy atom. The molecule has 0 radical (unpaired) electrons. The molecule has 0 aliphatic rings. The Hall–Kier alpha value is -5.80. The van der Waals surface area contributed by atoms with Gasteiger partial charge in [-0.15, -0.1) is 0 Å². The third-order valence-electron chi connectivity index (χ3n) is 6.84. The quantitative estimate of drug-likeness (QED) is 0.0895. The summed E-state index contributed by atoms with van der Waals surface area (Å²) in [6.07, 6.45) is 1.31. The third-order valence-corrected chi connectivity index (χ3v) is 7.33. The van der Waals surface area contributed by atoms with Gasteiger partial charge in [0.1, 0.15) is 12.2 Å². The summed E-state index contributed by atoms with van der Waals surface area (Å²) in [5.41, 5.74) is 1.46. The van der Waals surface area contributed by atoms with Crippen molar-refractivity contribution < 1.29 is 18.8 Å². The summed E-state index contributed by atoms with van der Waals surface area (Å²) in [6.45, 7) is 1.84. The zero-order valence-corrected chi connectivity index (χ0v) is 25.2. The van der Waals surface area contributed by atoms with Crippen LogP contribution in [-0.2, 0) is 6.61 Å². The van der Waals surface area contributed by atoms with Gasteiger partial charge in [-0.05, 0) is 55.5 Å². The molecule has 0 aliphatic heterocycles. The second kappa shape index (κ2) is 12.4. The van der Waals surface area contributed by atoms with Gasteiger partial charge in [-0.2, -0.15) is 15.0 Å². The molecule has 2 heterocycles. The van der Waals surface area contributed by atoms with Crippen molar-refractivity contribution >= 4 is 49.7 Å². The lowest BCUT2D eigenvalue weighted by Gasteiger charge is -2.14. The number of nitriles is 1. The maximum Gasteiger partial charge on any atom is 0.315 e. The van der Waals surface area contributed by atoms with Gasteiger partial charge in [0.15, 0.2) is 11.5 Å². The van der Waals surface area contributed by atoms with Gasteiger partial charge >= 0.3 is 5.69 Å². The van der Waals surface area contributed by atoms with E-state index < -0.39 is 10.5 Å². The normalized spacial score (nSPS) is 11.2. The van der Waals surface area contributed by atoms with Crippen LogP contribution in [0.2, 0.25) is 0 Å². The topological polar surface area (TPSA) is 146 Å². The number of nitro benzene ring substituents is 1. The van der Waals surface area contributed by atoms with E-state index in [-0.39, 0.29) is 41.8 Å². The van der Waals surface area contributed by atoms with E-state index >= 15 is 0 Å². The molecule has 4 aromatic carbocycles. The molecule has 0 fully saturated rings. The number of benzene rings is 4. The number of aromatic nitrogens is 2. The fourth-order valence-corrected chi connectivity index (χ4v) is 5.15. The lowest BCUT2D eigenvalue weighted by atomic mass is 10.1. The van der Waals surface area contributed by atoms with Crippen LogP contribution in [-0.4, -0.2) is 27.4 Å². The number of hydrogen-bond acceptors (Lipinski definition) is 9. The second-order valence-corrected chi connectivity index (χ2v) is 10.6. The van der Waals surface area contributed by atoms with Gasteiger partial charge in [-0.1, -0.05) is 46.3 Å². The maximum atomic E-state index is 13.7. The minimum absolute atomic E-state index is 0.0896. The monoisotopic (exact) mass is 663 g/mol. The molecule has 6 aromatic rings. The smallest absolute Gasteiger partial charge is 0.315 e. The molecule has 0 saturated heterocycles. The van der Waals surface area contributed by atoms with Crippen LogP contribution in [0, 0.1) is 21.4 Å². The lowest BCUT2D eigenvalue weighted by Crippen LogP contribution is -2.20. The highest BCUT2D eigenvalue weighted by molar-refractivity contribution is 9.10. The van der Waals surface area contributed by atoms with Crippen LogP contribution in [0.1, 0.15) is 23.6 Å². The van der Waals surface area contributed by atoms with Crippen molar-refractivity contribution in [3.05, 3.63) is 127 Å². The number of nitrogens with zero attached hydrogens (tertiary/aromatic N) is 5. The van der Waals surface area contributed by atoms with Gasteiger partial charge < -0.3 is 13.9 Å². The summed E-state index contributed by atoms with van der Waals surface area (Å²) in [5.74, 6) is 0.475. The molecule has 45 heavy (non-hydrogen) atoms. The molecule has 0 amide bonds. The summed E-state index contributed by atoms with van der Waals surface area (Å²) in [4.78, 5) is 29.9. The number of ether oxygens (including phenoxy) is 2. The van der Waals surface area contributed by atoms with E-state index in [0.29, 0.717) is 33.4 Å². The lowest BCUT2D eigenvalue weighted by molar-refractivity contribution is -0.386. The Morgan fingerprint density at radius 1 is 1.09 bits per heavy atom. The molecule has 0 bridgehead atoms. The Kier molecular flexibility index (Phi) is 8.09. The first kappa shape index (κ1) is 29.3. The number of halogens is 1. The Bertz CT molecular complexity index is 2230. The zero-order chi connectivity index (χ0) is 31.5. The van der Waals surface area contributed by atoms with Crippen molar-refractivity contribution in [3.63, 3.8) is 0 Å². The maximum absolute atomic E-state index is 13.7. The standard InChI is InChI=1S/C33H22BrN5O6/c1-2-43-29-14-20(13-27(39(41)42)31(29)44-19-22-8-4-3-7-21(22)17-35)18-36-38-32(37-26-10-6-5-9-25(26)33(38)40)30-16-23-15-24(34)11-12-28(23)45-30/h3-16,18H,2,19H2,1H3. The molecular weight excluding hydrogens is 642 g/mol. The molecule has 222 valence electrons. The van der Waals surface area contributed by atoms with Crippen LogP contribution in [0.4, 0.5) is 5.69 Å². The molecule has 0 saturated carbocycles. The van der Waals surface area contributed by atoms with Crippen LogP contribution in [0.5, 0.6) is 11.5 Å². The highest BCUT2D eigenvalue weighted by Crippen LogP contribution is 2.39. The summed E-state index contributed by atoms with van der Waals surface area (Å²) >= 11 is 3.46. The van der Waals surface area contributed by atoms with Gasteiger partial charge in [0.05, 0.1) is 40.3 Å². The van der Waals surface area contributed by atoms with Crippen LogP contribution in [0.25, 0.3) is 33.5 Å². The van der Waals surface area contributed by atoms with E-state index in [4.69, 9.17) is 13.9 Å². The van der Waals surface area contributed by atoms with E-state index in [1.54, 1.807) is 67.6 Å². The number of fused-ring (bicyclic) bond motifs is 2. The largest absolute Gasteiger partial charge is 0.490 e. The van der Waals surface area contributed by atoms with Crippen LogP contribution in [0.3, 0.4) is 0 Å². The minimum atomic E-state index is -0.590. The summed E-state index contributed by atoms with van der Waals surface area (Å²) in [6, 6.07) is 25.9. The molecule has 2 aromatic heterocycles. The third kappa shape index (κ3) is 5.89. The molecule has 0 unspecified atom stereocenters. The molecule has 12 heteroatoms. The fraction of sp³-hybridized carbons (Fsp3) is 0.0909. The van der Waals surface area contributed by atoms with Crippen molar-refractivity contribution in [1.29, 1.82) is 5.26 Å². The van der Waals surface area contributed by atoms with Gasteiger partial charge in [-0.3, -0.25) is 14.9 Å². The highest BCUT2D eigenvalue weighted by atomic mass is 79.9. The molecule has 0 aliphatic carbocycles. The first-order valence-electron chi connectivity index (χ1n) is 13.7. The number of nitro groups is 1. The summed E-state index contributed by atoms with van der Waals surface area (Å²) in [5, 5.41) is 27.2. The van der Waals surface area contributed by atoms with E-state index in [1.165, 1.54) is 18.3 Å². The Morgan fingerprint density at radius 3 is 2.69 bits per heavy atom. The van der Waals surface area contributed by atoms with Crippen molar-refractivity contribution in [2.24, 2.45) is 5.10 Å². The van der Waals surface area contributed by atoms with Crippen molar-refractivity contribution in [3.8, 4) is 29.2 Å². The number of furan rings is 1. The van der Waals surface area contributed by atoms with E-state index in [9.17, 15) is 20.2 Å². The van der Waals surface area contributed by atoms with Crippen LogP contribution < -0.4 is 15.0 Å². The van der Waals surface area contributed by atoms with E-state index in [1.807, 2.05) is 12.1 Å². The van der Waals surface area contributed by atoms with Gasteiger partial charge in [0, 0.05) is 27.1 Å². The van der Waals surface area contributed by atoms with Crippen molar-refractivity contribution in [2.75, 3.05) is 6.61 Å². The molecule has 11 nitrogen and oxygen atoms in total. The fourth-order valence-electron chi connectivity index (χ4n) is 4.77. The summed E-state index contributed by atoms with van der Waals surface area (Å²) < 4.78 is 19.6. The number of para-hydroxylation sites is 1. The second-order valence-electron chi connectivity index (χ2n) is 9.72. The number of hydrogen-bond donors (Lipinski definition) is 0. The SMILES string of the molecule is CCOc1cc(C=Nn2c(-c3cc4cc(Br)ccc4o3)nc3ccccc3c2=O)cc([N+](=O)[O-])c1OCc1ccccc1C#N. The molecule has 0 spiro atoms. The van der Waals surface area contributed by atoms with Crippen LogP contribution >= 0.6 is 15.9 Å². The van der Waals surface area contributed by atoms with E-state index in [2.05, 4.69) is 32.1 Å². The van der Waals surface area contributed by atoms with Crippen LogP contribution in [0.15, 0.2) is 104 Å². The van der Waals surface area contributed by atoms with Gasteiger partial charge in [0.25, 0.3) is 5.56 Å². The predicted molar refractivity (Wildman–Crippen MR) is 172 cm³/mol. The Labute approximate surface area is 263 Å². The van der Waals surface area contributed by atoms with Crippen molar-refractivity contribution in [2.45, 2.75) is 13.5 Å². The number of rotatable bonds is 9. The summed E-state index contributed by atoms with van der Waals surface area (Å²) in [7, 11) is 0. The van der Waals surface area contributed by atoms with Gasteiger partial charge in [0.2, 0.25) is 11.6 Å². The molecule has 6 rings (SSSR count). The first-order chi connectivity index (χ1) is 21.9. The molecule has 0 atom stereocenters. The average Bonchev–Trinajstić information content (AvgIpc) is 3.47. The van der Waals surface area contributed by atoms with Crippen molar-refractivity contribution in [1.82, 2.24) is 9.66 Å². The molecular formula is C33H22BrN5O6. The minimum Gasteiger partial charge on any atom is -0.490 e. The molecule has 0 N–H and O–H groups in total. The predicted octanol–water partition coefficient (Wildman–Crippen LogP) is 7.21. The highest BCUT2D eigenvalue weighted by Gasteiger charge is 2.23. The first-order valence-corrected chi connectivity index (χ1v) is 14.5. The average molecular weight is 664 g/mol. The zero-order valence-electron chi connectivity index (χ0n) is 23.6. The Balaban J connectivity index is 1.45.